The predicted octanol–water partition coefficient (Wildman–Crippen LogP) is 3.08. The molecule has 2 aromatic rings. The smallest absolute Gasteiger partial charge is 0.175 e. The highest BCUT2D eigenvalue weighted by atomic mass is 19.1. The Morgan fingerprint density at radius 1 is 1.13 bits per heavy atom. The summed E-state index contributed by atoms with van der Waals surface area (Å²) in [5, 5.41) is 12.3. The SMILES string of the molecule is Oc1c(F)cccc1Nc1[c]cccc1. The first-order valence-corrected chi connectivity index (χ1v) is 4.48. The van der Waals surface area contributed by atoms with Crippen LogP contribution in [0.25, 0.3) is 0 Å². The predicted molar refractivity (Wildman–Crippen MR) is 56.6 cm³/mol. The van der Waals surface area contributed by atoms with Gasteiger partial charge in [0.25, 0.3) is 0 Å². The number of halogens is 1. The Hall–Kier alpha value is -2.03. The fraction of sp³-hybridized carbons (Fsp3) is 0. The molecule has 0 unspecified atom stereocenters. The van der Waals surface area contributed by atoms with Gasteiger partial charge in [-0.3, -0.25) is 0 Å². The second kappa shape index (κ2) is 4.00. The second-order valence-corrected chi connectivity index (χ2v) is 3.04. The van der Waals surface area contributed by atoms with Gasteiger partial charge >= 0.3 is 0 Å². The number of para-hydroxylation sites is 2. The van der Waals surface area contributed by atoms with Crippen LogP contribution in [-0.4, -0.2) is 5.11 Å². The molecule has 0 atom stereocenters. The van der Waals surface area contributed by atoms with Gasteiger partial charge in [0, 0.05) is 11.8 Å². The van der Waals surface area contributed by atoms with E-state index >= 15 is 0 Å². The van der Waals surface area contributed by atoms with Crippen molar-refractivity contribution >= 4 is 11.4 Å². The lowest BCUT2D eigenvalue weighted by Crippen LogP contribution is -1.91. The highest BCUT2D eigenvalue weighted by Crippen LogP contribution is 2.28. The van der Waals surface area contributed by atoms with Gasteiger partial charge in [0.2, 0.25) is 0 Å². The number of nitrogens with one attached hydrogen (secondary N) is 1. The van der Waals surface area contributed by atoms with E-state index in [9.17, 15) is 9.50 Å². The maximum Gasteiger partial charge on any atom is 0.175 e. The van der Waals surface area contributed by atoms with Crippen molar-refractivity contribution in [1.29, 1.82) is 0 Å². The van der Waals surface area contributed by atoms with E-state index in [-0.39, 0.29) is 5.75 Å². The van der Waals surface area contributed by atoms with Crippen LogP contribution in [0.2, 0.25) is 0 Å². The molecule has 0 fully saturated rings. The van der Waals surface area contributed by atoms with Gasteiger partial charge in [-0.2, -0.15) is 0 Å². The average Bonchev–Trinajstić information content (AvgIpc) is 2.26. The fourth-order valence-corrected chi connectivity index (χ4v) is 1.23. The van der Waals surface area contributed by atoms with E-state index in [1.54, 1.807) is 18.2 Å². The van der Waals surface area contributed by atoms with E-state index in [1.165, 1.54) is 12.1 Å². The third-order valence-electron chi connectivity index (χ3n) is 1.97. The summed E-state index contributed by atoms with van der Waals surface area (Å²) >= 11 is 0. The fourth-order valence-electron chi connectivity index (χ4n) is 1.23. The minimum Gasteiger partial charge on any atom is -0.503 e. The lowest BCUT2D eigenvalue weighted by Gasteiger charge is -2.07. The molecular formula is C12H9FNO. The monoisotopic (exact) mass is 202 g/mol. The van der Waals surface area contributed by atoms with E-state index in [1.807, 2.05) is 12.1 Å². The number of hydrogen-bond donors (Lipinski definition) is 2. The molecule has 0 aliphatic rings. The summed E-state index contributed by atoms with van der Waals surface area (Å²) in [5.74, 6) is -1.02. The molecule has 2 nitrogen and oxygen atoms in total. The van der Waals surface area contributed by atoms with Crippen molar-refractivity contribution in [3.63, 3.8) is 0 Å². The summed E-state index contributed by atoms with van der Waals surface area (Å²) < 4.78 is 13.0. The Balaban J connectivity index is 2.29. The van der Waals surface area contributed by atoms with E-state index in [0.717, 1.165) is 0 Å². The van der Waals surface area contributed by atoms with Crippen LogP contribution in [-0.2, 0) is 0 Å². The van der Waals surface area contributed by atoms with Crippen LogP contribution in [0.4, 0.5) is 15.8 Å². The van der Waals surface area contributed by atoms with E-state index in [4.69, 9.17) is 0 Å². The second-order valence-electron chi connectivity index (χ2n) is 3.04. The van der Waals surface area contributed by atoms with Crippen molar-refractivity contribution in [3.05, 3.63) is 54.3 Å². The molecule has 75 valence electrons. The molecule has 2 aromatic carbocycles. The van der Waals surface area contributed by atoms with Crippen LogP contribution < -0.4 is 5.32 Å². The summed E-state index contributed by atoms with van der Waals surface area (Å²) in [6.45, 7) is 0. The molecule has 0 aromatic heterocycles. The Kier molecular flexibility index (Phi) is 2.54. The molecule has 0 aliphatic carbocycles. The van der Waals surface area contributed by atoms with Gasteiger partial charge < -0.3 is 10.4 Å². The van der Waals surface area contributed by atoms with E-state index in [0.29, 0.717) is 11.4 Å². The molecule has 0 saturated carbocycles. The Morgan fingerprint density at radius 2 is 2.00 bits per heavy atom. The molecule has 0 amide bonds. The summed E-state index contributed by atoms with van der Waals surface area (Å²) in [6.07, 6.45) is 0. The van der Waals surface area contributed by atoms with Crippen LogP contribution in [0.1, 0.15) is 0 Å². The maximum atomic E-state index is 13.0. The van der Waals surface area contributed by atoms with Crippen molar-refractivity contribution < 1.29 is 9.50 Å². The number of phenols is 1. The zero-order valence-electron chi connectivity index (χ0n) is 7.87. The summed E-state index contributed by atoms with van der Waals surface area (Å²) in [7, 11) is 0. The highest BCUT2D eigenvalue weighted by molar-refractivity contribution is 5.65. The molecule has 0 spiro atoms. The summed E-state index contributed by atoms with van der Waals surface area (Å²) in [4.78, 5) is 0. The summed E-state index contributed by atoms with van der Waals surface area (Å²) in [6, 6.07) is 14.4. The molecule has 3 heteroatoms. The Bertz CT molecular complexity index is 456. The van der Waals surface area contributed by atoms with Crippen molar-refractivity contribution in [2.75, 3.05) is 5.32 Å². The van der Waals surface area contributed by atoms with Gasteiger partial charge in [-0.05, 0) is 18.2 Å². The normalized spacial score (nSPS) is 9.93. The van der Waals surface area contributed by atoms with Gasteiger partial charge in [0.05, 0.1) is 5.69 Å². The van der Waals surface area contributed by atoms with Crippen LogP contribution >= 0.6 is 0 Å². The molecule has 0 bridgehead atoms. The zero-order valence-corrected chi connectivity index (χ0v) is 7.87. The lowest BCUT2D eigenvalue weighted by atomic mass is 10.2. The molecule has 0 saturated heterocycles. The van der Waals surface area contributed by atoms with Crippen LogP contribution in [0.5, 0.6) is 5.75 Å². The van der Waals surface area contributed by atoms with Gasteiger partial charge in [-0.25, -0.2) is 4.39 Å². The zero-order chi connectivity index (χ0) is 10.7. The first-order valence-electron chi connectivity index (χ1n) is 4.48. The number of aromatic hydroxyl groups is 1. The van der Waals surface area contributed by atoms with Crippen molar-refractivity contribution in [3.8, 4) is 5.75 Å². The quantitative estimate of drug-likeness (QED) is 0.733. The third kappa shape index (κ3) is 2.07. The standard InChI is InChI=1S/C12H9FNO/c13-10-7-4-8-11(12(10)15)14-9-5-2-1-3-6-9/h1-5,7-8,14-15H. The minimum atomic E-state index is -0.643. The number of benzene rings is 2. The van der Waals surface area contributed by atoms with Crippen LogP contribution in [0.15, 0.2) is 42.5 Å². The Labute approximate surface area is 87.0 Å². The first-order chi connectivity index (χ1) is 7.27. The third-order valence-corrected chi connectivity index (χ3v) is 1.97. The lowest BCUT2D eigenvalue weighted by molar-refractivity contribution is 0.435. The molecule has 0 heterocycles. The van der Waals surface area contributed by atoms with Crippen molar-refractivity contribution in [2.45, 2.75) is 0 Å². The number of phenolic OH excluding ortho intramolecular Hbond substituents is 1. The van der Waals surface area contributed by atoms with Gasteiger partial charge in [-0.1, -0.05) is 24.3 Å². The molecule has 0 aliphatic heterocycles. The first kappa shape index (κ1) is 9.52. The minimum absolute atomic E-state index is 0.331. The molecule has 2 N–H and O–H groups in total. The van der Waals surface area contributed by atoms with Crippen LogP contribution in [0.3, 0.4) is 0 Å². The van der Waals surface area contributed by atoms with E-state index < -0.39 is 5.82 Å². The Morgan fingerprint density at radius 3 is 2.73 bits per heavy atom. The molecule has 2 rings (SSSR count). The van der Waals surface area contributed by atoms with Crippen LogP contribution in [0, 0.1) is 11.9 Å². The number of hydrogen-bond acceptors (Lipinski definition) is 2. The number of anilines is 2. The number of rotatable bonds is 2. The van der Waals surface area contributed by atoms with Gasteiger partial charge in [0.1, 0.15) is 0 Å². The maximum absolute atomic E-state index is 13.0. The van der Waals surface area contributed by atoms with Gasteiger partial charge in [0.15, 0.2) is 11.6 Å². The largest absolute Gasteiger partial charge is 0.503 e. The summed E-state index contributed by atoms with van der Waals surface area (Å²) in [5.41, 5.74) is 1.01. The van der Waals surface area contributed by atoms with Crippen molar-refractivity contribution in [1.82, 2.24) is 0 Å². The average molecular weight is 202 g/mol. The highest BCUT2D eigenvalue weighted by Gasteiger charge is 2.05. The molecular weight excluding hydrogens is 193 g/mol. The molecule has 1 radical (unpaired) electrons. The van der Waals surface area contributed by atoms with E-state index in [2.05, 4.69) is 11.4 Å². The topological polar surface area (TPSA) is 32.3 Å². The van der Waals surface area contributed by atoms with Crippen molar-refractivity contribution in [2.24, 2.45) is 0 Å². The van der Waals surface area contributed by atoms with Gasteiger partial charge in [-0.15, -0.1) is 0 Å². The molecule has 15 heavy (non-hydrogen) atoms.